The number of hydrogen-bond acceptors (Lipinski definition) is 1. The van der Waals surface area contributed by atoms with Gasteiger partial charge in [0.1, 0.15) is 0 Å². The Balaban J connectivity index is 4.34. The summed E-state index contributed by atoms with van der Waals surface area (Å²) in [7, 11) is 1.93. The second kappa shape index (κ2) is 4.22. The normalized spacial score (nSPS) is 12.9. The van der Waals surface area contributed by atoms with Crippen LogP contribution in [0.2, 0.25) is 0 Å². The summed E-state index contributed by atoms with van der Waals surface area (Å²) >= 11 is 0. The van der Waals surface area contributed by atoms with Crippen LogP contribution in [0, 0.1) is 5.41 Å². The zero-order valence-corrected chi connectivity index (χ0v) is 8.07. The molecule has 0 fully saturated rings. The Hall–Kier alpha value is -0.720. The summed E-state index contributed by atoms with van der Waals surface area (Å²) in [5.74, 6) is 0. The van der Waals surface area contributed by atoms with E-state index in [0.717, 1.165) is 6.42 Å². The summed E-state index contributed by atoms with van der Waals surface area (Å²) in [5, 5.41) is 3.05. The van der Waals surface area contributed by atoms with Gasteiger partial charge in [0.2, 0.25) is 0 Å². The minimum atomic E-state index is 0.247. The van der Waals surface area contributed by atoms with Crippen LogP contribution in [-0.2, 0) is 0 Å². The molecule has 0 heterocycles. The van der Waals surface area contributed by atoms with E-state index in [9.17, 15) is 0 Å². The van der Waals surface area contributed by atoms with Gasteiger partial charge in [-0.1, -0.05) is 26.8 Å². The number of hydrogen-bond donors (Lipinski definition) is 1. The van der Waals surface area contributed by atoms with Crippen molar-refractivity contribution >= 4 is 0 Å². The molecule has 11 heavy (non-hydrogen) atoms. The number of allylic oxidation sites excluding steroid dienone is 2. The van der Waals surface area contributed by atoms with Gasteiger partial charge in [-0.05, 0) is 23.6 Å². The van der Waals surface area contributed by atoms with E-state index < -0.39 is 0 Å². The van der Waals surface area contributed by atoms with Crippen LogP contribution in [0.25, 0.3) is 0 Å². The van der Waals surface area contributed by atoms with Gasteiger partial charge in [0, 0.05) is 7.05 Å². The molecule has 0 saturated carbocycles. The van der Waals surface area contributed by atoms with Gasteiger partial charge in [-0.25, -0.2) is 0 Å². The highest BCUT2D eigenvalue weighted by Gasteiger charge is 2.14. The molecule has 64 valence electrons. The van der Waals surface area contributed by atoms with Crippen LogP contribution in [0.1, 0.15) is 27.2 Å². The molecule has 0 aliphatic carbocycles. The largest absolute Gasteiger partial charge is 0.394 e. The van der Waals surface area contributed by atoms with Crippen LogP contribution in [-0.4, -0.2) is 7.05 Å². The van der Waals surface area contributed by atoms with Crippen LogP contribution in [0.4, 0.5) is 0 Å². The van der Waals surface area contributed by atoms with E-state index in [1.165, 1.54) is 5.57 Å². The standard InChI is InChI=1S/C10H19N/c1-6-7-9(8-11-5)10(2,3)4/h6,8,11H,1,7H2,2-5H3/b9-8+. The first kappa shape index (κ1) is 10.3. The quantitative estimate of drug-likeness (QED) is 0.615. The van der Waals surface area contributed by atoms with Crippen LogP contribution >= 0.6 is 0 Å². The zero-order chi connectivity index (χ0) is 8.91. The topological polar surface area (TPSA) is 12.0 Å². The third-order valence-electron chi connectivity index (χ3n) is 1.65. The smallest absolute Gasteiger partial charge is 0.00277 e. The Morgan fingerprint density at radius 3 is 2.27 bits per heavy atom. The van der Waals surface area contributed by atoms with Crippen molar-refractivity contribution in [3.05, 3.63) is 24.4 Å². The molecule has 0 rings (SSSR count). The lowest BCUT2D eigenvalue weighted by Crippen LogP contribution is -2.11. The molecule has 0 aromatic rings. The first-order chi connectivity index (χ1) is 5.02. The van der Waals surface area contributed by atoms with Crippen LogP contribution < -0.4 is 5.32 Å². The molecule has 1 nitrogen and oxygen atoms in total. The second-order valence-corrected chi connectivity index (χ2v) is 3.70. The minimum Gasteiger partial charge on any atom is -0.394 e. The first-order valence-corrected chi connectivity index (χ1v) is 4.00. The molecule has 0 unspecified atom stereocenters. The van der Waals surface area contributed by atoms with Crippen molar-refractivity contribution in [1.82, 2.24) is 5.32 Å². The highest BCUT2D eigenvalue weighted by Crippen LogP contribution is 2.27. The van der Waals surface area contributed by atoms with E-state index in [0.29, 0.717) is 0 Å². The molecule has 0 saturated heterocycles. The molecule has 0 radical (unpaired) electrons. The monoisotopic (exact) mass is 153 g/mol. The Labute approximate surface area is 70.2 Å². The van der Waals surface area contributed by atoms with E-state index in [1.54, 1.807) is 0 Å². The summed E-state index contributed by atoms with van der Waals surface area (Å²) in [6.07, 6.45) is 4.96. The van der Waals surface area contributed by atoms with Crippen molar-refractivity contribution in [2.24, 2.45) is 5.41 Å². The predicted molar refractivity (Wildman–Crippen MR) is 51.4 cm³/mol. The summed E-state index contributed by atoms with van der Waals surface area (Å²) in [6.45, 7) is 10.4. The van der Waals surface area contributed by atoms with Crippen molar-refractivity contribution in [3.8, 4) is 0 Å². The summed E-state index contributed by atoms with van der Waals surface area (Å²) in [4.78, 5) is 0. The van der Waals surface area contributed by atoms with Crippen molar-refractivity contribution in [1.29, 1.82) is 0 Å². The van der Waals surface area contributed by atoms with E-state index in [-0.39, 0.29) is 5.41 Å². The summed E-state index contributed by atoms with van der Waals surface area (Å²) in [5.41, 5.74) is 1.63. The van der Waals surface area contributed by atoms with Gasteiger partial charge < -0.3 is 5.32 Å². The van der Waals surface area contributed by atoms with Crippen molar-refractivity contribution < 1.29 is 0 Å². The minimum absolute atomic E-state index is 0.247. The van der Waals surface area contributed by atoms with E-state index in [1.807, 2.05) is 13.1 Å². The zero-order valence-electron chi connectivity index (χ0n) is 8.07. The Kier molecular flexibility index (Phi) is 3.94. The Morgan fingerprint density at radius 1 is 1.45 bits per heavy atom. The molecular formula is C10H19N. The maximum atomic E-state index is 3.73. The lowest BCUT2D eigenvalue weighted by molar-refractivity contribution is 0.490. The average Bonchev–Trinajstić information content (AvgIpc) is 1.85. The van der Waals surface area contributed by atoms with Gasteiger partial charge >= 0.3 is 0 Å². The fourth-order valence-corrected chi connectivity index (χ4v) is 0.911. The van der Waals surface area contributed by atoms with E-state index in [2.05, 4.69) is 38.9 Å². The van der Waals surface area contributed by atoms with Gasteiger partial charge in [0.05, 0.1) is 0 Å². The lowest BCUT2D eigenvalue weighted by Gasteiger charge is -2.21. The fraction of sp³-hybridized carbons (Fsp3) is 0.600. The third kappa shape index (κ3) is 3.87. The molecule has 0 aliphatic rings. The molecule has 0 aromatic heterocycles. The van der Waals surface area contributed by atoms with Crippen LogP contribution in [0.15, 0.2) is 24.4 Å². The first-order valence-electron chi connectivity index (χ1n) is 4.00. The van der Waals surface area contributed by atoms with Crippen LogP contribution in [0.5, 0.6) is 0 Å². The molecule has 1 heteroatoms. The predicted octanol–water partition coefficient (Wildman–Crippen LogP) is 2.71. The van der Waals surface area contributed by atoms with Crippen LogP contribution in [0.3, 0.4) is 0 Å². The summed E-state index contributed by atoms with van der Waals surface area (Å²) < 4.78 is 0. The number of nitrogens with one attached hydrogen (secondary N) is 1. The fourth-order valence-electron chi connectivity index (χ4n) is 0.911. The Morgan fingerprint density at radius 2 is 2.00 bits per heavy atom. The molecule has 0 bridgehead atoms. The maximum absolute atomic E-state index is 3.73. The molecule has 0 aliphatic heterocycles. The SMILES string of the molecule is C=CC/C(=C\NC)C(C)(C)C. The van der Waals surface area contributed by atoms with E-state index in [4.69, 9.17) is 0 Å². The Bertz CT molecular complexity index is 149. The molecule has 0 amide bonds. The highest BCUT2D eigenvalue weighted by molar-refractivity contribution is 5.12. The van der Waals surface area contributed by atoms with Crippen molar-refractivity contribution in [2.75, 3.05) is 7.05 Å². The summed E-state index contributed by atoms with van der Waals surface area (Å²) in [6, 6.07) is 0. The van der Waals surface area contributed by atoms with Gasteiger partial charge in [0.15, 0.2) is 0 Å². The number of rotatable bonds is 3. The van der Waals surface area contributed by atoms with Gasteiger partial charge in [0.25, 0.3) is 0 Å². The maximum Gasteiger partial charge on any atom is 0.00277 e. The van der Waals surface area contributed by atoms with E-state index >= 15 is 0 Å². The van der Waals surface area contributed by atoms with Gasteiger partial charge in [-0.2, -0.15) is 0 Å². The highest BCUT2D eigenvalue weighted by atomic mass is 14.8. The van der Waals surface area contributed by atoms with Crippen molar-refractivity contribution in [2.45, 2.75) is 27.2 Å². The molecule has 0 atom stereocenters. The molecular weight excluding hydrogens is 134 g/mol. The van der Waals surface area contributed by atoms with Gasteiger partial charge in [-0.3, -0.25) is 0 Å². The average molecular weight is 153 g/mol. The molecule has 0 aromatic carbocycles. The lowest BCUT2D eigenvalue weighted by atomic mass is 9.85. The molecule has 0 spiro atoms. The van der Waals surface area contributed by atoms with Gasteiger partial charge in [-0.15, -0.1) is 6.58 Å². The third-order valence-corrected chi connectivity index (χ3v) is 1.65. The van der Waals surface area contributed by atoms with Crippen molar-refractivity contribution in [3.63, 3.8) is 0 Å². The molecule has 1 N–H and O–H groups in total. The second-order valence-electron chi connectivity index (χ2n) is 3.70.